The SMILES string of the molecule is CC(C)(C)OC(=O)NCCS(=O)(=NC(=O)C(F)(F)F)c1cccc(OCC2CCCCC2)c1. The first-order valence-electron chi connectivity index (χ1n) is 10.8. The van der Waals surface area contributed by atoms with Crippen molar-refractivity contribution in [2.24, 2.45) is 10.3 Å². The molecule has 0 radical (unpaired) electrons. The number of nitrogens with one attached hydrogen (secondary N) is 1. The van der Waals surface area contributed by atoms with Gasteiger partial charge in [0.15, 0.2) is 0 Å². The Morgan fingerprint density at radius 3 is 2.42 bits per heavy atom. The van der Waals surface area contributed by atoms with E-state index in [0.717, 1.165) is 25.7 Å². The highest BCUT2D eigenvalue weighted by molar-refractivity contribution is 7.94. The van der Waals surface area contributed by atoms with Crippen LogP contribution in [-0.4, -0.2) is 46.9 Å². The van der Waals surface area contributed by atoms with Crippen molar-refractivity contribution in [1.82, 2.24) is 5.32 Å². The van der Waals surface area contributed by atoms with Crippen LogP contribution in [0.25, 0.3) is 0 Å². The van der Waals surface area contributed by atoms with Crippen molar-refractivity contribution < 1.29 is 36.4 Å². The van der Waals surface area contributed by atoms with E-state index < -0.39 is 39.3 Å². The summed E-state index contributed by atoms with van der Waals surface area (Å²) in [5, 5.41) is 2.34. The maximum atomic E-state index is 13.4. The van der Waals surface area contributed by atoms with Crippen LogP contribution < -0.4 is 10.1 Å². The molecule has 2 amide bonds. The number of alkyl carbamates (subject to hydrolysis) is 1. The molecule has 1 saturated carbocycles. The highest BCUT2D eigenvalue weighted by Crippen LogP contribution is 2.27. The Balaban J connectivity index is 2.20. The molecule has 1 aliphatic rings. The Morgan fingerprint density at radius 2 is 1.82 bits per heavy atom. The van der Waals surface area contributed by atoms with Gasteiger partial charge in [0.25, 0.3) is 0 Å². The first-order valence-corrected chi connectivity index (χ1v) is 12.5. The number of nitrogens with zero attached hydrogens (tertiary/aromatic N) is 1. The maximum absolute atomic E-state index is 13.4. The lowest BCUT2D eigenvalue weighted by atomic mass is 9.90. The summed E-state index contributed by atoms with van der Waals surface area (Å²) in [5.41, 5.74) is -0.786. The van der Waals surface area contributed by atoms with Gasteiger partial charge in [-0.25, -0.2) is 9.00 Å². The maximum Gasteiger partial charge on any atom is 0.474 e. The molecule has 0 aromatic heterocycles. The van der Waals surface area contributed by atoms with Crippen molar-refractivity contribution in [1.29, 1.82) is 0 Å². The van der Waals surface area contributed by atoms with Crippen molar-refractivity contribution in [3.8, 4) is 5.75 Å². The van der Waals surface area contributed by atoms with E-state index in [1.54, 1.807) is 26.8 Å². The Bertz CT molecular complexity index is 944. The second-order valence-electron chi connectivity index (χ2n) is 8.96. The predicted octanol–water partition coefficient (Wildman–Crippen LogP) is 5.09. The number of amides is 2. The second kappa shape index (κ2) is 11.2. The molecule has 0 bridgehead atoms. The van der Waals surface area contributed by atoms with Crippen molar-refractivity contribution in [3.05, 3.63) is 24.3 Å². The number of hydrogen-bond donors (Lipinski definition) is 1. The summed E-state index contributed by atoms with van der Waals surface area (Å²) >= 11 is 0. The molecule has 186 valence electrons. The number of alkyl halides is 3. The third-order valence-electron chi connectivity index (χ3n) is 4.90. The van der Waals surface area contributed by atoms with Gasteiger partial charge in [-0.2, -0.15) is 13.2 Å². The fourth-order valence-corrected chi connectivity index (χ4v) is 5.11. The minimum Gasteiger partial charge on any atom is -0.493 e. The summed E-state index contributed by atoms with van der Waals surface area (Å²) in [7, 11) is -3.85. The topological polar surface area (TPSA) is 94.1 Å². The Labute approximate surface area is 192 Å². The normalized spacial score (nSPS) is 17.0. The van der Waals surface area contributed by atoms with Crippen LogP contribution in [0.5, 0.6) is 5.75 Å². The van der Waals surface area contributed by atoms with Crippen LogP contribution in [-0.2, 0) is 19.3 Å². The lowest BCUT2D eigenvalue weighted by Gasteiger charge is -2.22. The van der Waals surface area contributed by atoms with Crippen molar-refractivity contribution in [2.75, 3.05) is 18.9 Å². The van der Waals surface area contributed by atoms with Gasteiger partial charge in [-0.3, -0.25) is 4.79 Å². The number of hydrogen-bond acceptors (Lipinski definition) is 5. The molecular formula is C22H31F3N2O5S. The lowest BCUT2D eigenvalue weighted by Crippen LogP contribution is -2.35. The van der Waals surface area contributed by atoms with Crippen LogP contribution in [0.2, 0.25) is 0 Å². The van der Waals surface area contributed by atoms with E-state index in [9.17, 15) is 27.0 Å². The van der Waals surface area contributed by atoms with Gasteiger partial charge < -0.3 is 14.8 Å². The molecule has 1 atom stereocenters. The number of halogens is 3. The quantitative estimate of drug-likeness (QED) is 0.573. The molecule has 2 rings (SSSR count). The van der Waals surface area contributed by atoms with Crippen molar-refractivity contribution >= 4 is 21.7 Å². The van der Waals surface area contributed by atoms with E-state index in [-0.39, 0.29) is 11.4 Å². The molecule has 0 saturated heterocycles. The van der Waals surface area contributed by atoms with E-state index in [1.165, 1.54) is 24.6 Å². The molecule has 11 heteroatoms. The fourth-order valence-electron chi connectivity index (χ4n) is 3.34. The molecule has 1 unspecified atom stereocenters. The summed E-state index contributed by atoms with van der Waals surface area (Å²) in [6.07, 6.45) is -0.549. The number of ether oxygens (including phenoxy) is 2. The molecular weight excluding hydrogens is 461 g/mol. The first-order chi connectivity index (χ1) is 15.3. The first kappa shape index (κ1) is 26.9. The largest absolute Gasteiger partial charge is 0.493 e. The van der Waals surface area contributed by atoms with Crippen molar-refractivity contribution in [3.63, 3.8) is 0 Å². The van der Waals surface area contributed by atoms with Crippen LogP contribution in [0.1, 0.15) is 52.9 Å². The molecule has 0 heterocycles. The van der Waals surface area contributed by atoms with Crippen LogP contribution >= 0.6 is 0 Å². The summed E-state index contributed by atoms with van der Waals surface area (Å²) in [4.78, 5) is 23.3. The number of carbonyl (C=O) groups is 2. The number of benzene rings is 1. The van der Waals surface area contributed by atoms with Gasteiger partial charge in [-0.15, -0.1) is 4.36 Å². The Hall–Kier alpha value is -2.30. The van der Waals surface area contributed by atoms with Crippen LogP contribution in [0.15, 0.2) is 33.5 Å². The van der Waals surface area contributed by atoms with Gasteiger partial charge in [0.05, 0.1) is 27.0 Å². The zero-order valence-electron chi connectivity index (χ0n) is 19.1. The number of carbonyl (C=O) groups excluding carboxylic acids is 2. The van der Waals surface area contributed by atoms with E-state index in [1.807, 2.05) is 0 Å². The van der Waals surface area contributed by atoms with Crippen LogP contribution in [0.3, 0.4) is 0 Å². The van der Waals surface area contributed by atoms with Gasteiger partial charge >= 0.3 is 18.2 Å². The molecule has 1 N–H and O–H groups in total. The monoisotopic (exact) mass is 492 g/mol. The fraction of sp³-hybridized carbons (Fsp3) is 0.636. The zero-order valence-corrected chi connectivity index (χ0v) is 19.9. The predicted molar refractivity (Wildman–Crippen MR) is 118 cm³/mol. The minimum atomic E-state index is -5.27. The second-order valence-corrected chi connectivity index (χ2v) is 11.3. The van der Waals surface area contributed by atoms with E-state index in [2.05, 4.69) is 9.68 Å². The Kier molecular flexibility index (Phi) is 9.16. The summed E-state index contributed by atoms with van der Waals surface area (Å²) in [6, 6.07) is 5.76. The van der Waals surface area contributed by atoms with Gasteiger partial charge in [0.1, 0.15) is 11.4 Å². The molecule has 7 nitrogen and oxygen atoms in total. The van der Waals surface area contributed by atoms with Gasteiger partial charge in [0.2, 0.25) is 0 Å². The Morgan fingerprint density at radius 1 is 1.15 bits per heavy atom. The highest BCUT2D eigenvalue weighted by Gasteiger charge is 2.40. The molecule has 1 fully saturated rings. The highest BCUT2D eigenvalue weighted by atomic mass is 32.2. The molecule has 1 aromatic carbocycles. The summed E-state index contributed by atoms with van der Waals surface area (Å²) < 4.78 is 65.9. The van der Waals surface area contributed by atoms with Gasteiger partial charge in [0, 0.05) is 6.54 Å². The molecule has 1 aromatic rings. The van der Waals surface area contributed by atoms with Crippen LogP contribution in [0, 0.1) is 5.92 Å². The molecule has 1 aliphatic carbocycles. The molecule has 33 heavy (non-hydrogen) atoms. The lowest BCUT2D eigenvalue weighted by molar-refractivity contribution is -0.169. The van der Waals surface area contributed by atoms with Crippen molar-refractivity contribution in [2.45, 2.75) is 69.5 Å². The third kappa shape index (κ3) is 9.23. The van der Waals surface area contributed by atoms with Crippen LogP contribution in [0.4, 0.5) is 18.0 Å². The van der Waals surface area contributed by atoms with E-state index in [4.69, 9.17) is 9.47 Å². The average molecular weight is 493 g/mol. The number of rotatable bonds is 7. The minimum absolute atomic E-state index is 0.0766. The summed E-state index contributed by atoms with van der Waals surface area (Å²) in [5.74, 6) is -2.24. The zero-order chi connectivity index (χ0) is 24.7. The summed E-state index contributed by atoms with van der Waals surface area (Å²) in [6.45, 7) is 5.07. The standard InChI is InChI=1S/C22H31F3N2O5S/c1-21(2,3)32-20(29)26-12-13-33(30,27-19(28)22(23,24)25)18-11-7-10-17(14-18)31-15-16-8-5-4-6-9-16/h7,10-11,14,16H,4-6,8-9,12-13,15H2,1-3H3,(H,26,29). The third-order valence-corrected chi connectivity index (χ3v) is 7.11. The smallest absolute Gasteiger partial charge is 0.474 e. The molecule has 0 aliphatic heterocycles. The van der Waals surface area contributed by atoms with E-state index >= 15 is 0 Å². The average Bonchev–Trinajstić information content (AvgIpc) is 2.71. The van der Waals surface area contributed by atoms with E-state index in [0.29, 0.717) is 18.3 Å². The van der Waals surface area contributed by atoms with Gasteiger partial charge in [-0.05, 0) is 57.7 Å². The van der Waals surface area contributed by atoms with Gasteiger partial charge in [-0.1, -0.05) is 25.3 Å². The molecule has 0 spiro atoms.